The highest BCUT2D eigenvalue weighted by Gasteiger charge is 2.26. The lowest BCUT2D eigenvalue weighted by Crippen LogP contribution is -2.45. The third kappa shape index (κ3) is 4.16. The van der Waals surface area contributed by atoms with E-state index < -0.39 is 22.8 Å². The van der Waals surface area contributed by atoms with Gasteiger partial charge in [0.2, 0.25) is 0 Å². The average molecular weight is 315 g/mol. The van der Waals surface area contributed by atoms with E-state index in [0.717, 1.165) is 6.07 Å². The molecule has 0 unspecified atom stereocenters. The molecule has 1 atom stereocenters. The molecule has 0 fully saturated rings. The first-order valence-corrected chi connectivity index (χ1v) is 6.48. The van der Waals surface area contributed by atoms with Crippen LogP contribution in [0.25, 0.3) is 0 Å². The number of nitro benzene ring substituents is 1. The van der Waals surface area contributed by atoms with Gasteiger partial charge in [0.05, 0.1) is 12.0 Å². The number of methoxy groups -OCH3 is 1. The molecule has 7 nitrogen and oxygen atoms in total. The lowest BCUT2D eigenvalue weighted by molar-refractivity contribution is -0.384. The molecule has 21 heavy (non-hydrogen) atoms. The molecule has 8 heteroatoms. The molecule has 0 aliphatic rings. The van der Waals surface area contributed by atoms with Gasteiger partial charge >= 0.3 is 5.97 Å². The smallest absolute Gasteiger partial charge is 0.328 e. The van der Waals surface area contributed by atoms with Gasteiger partial charge in [-0.15, -0.1) is 0 Å². The van der Waals surface area contributed by atoms with Crippen molar-refractivity contribution in [2.24, 2.45) is 5.92 Å². The van der Waals surface area contributed by atoms with Crippen molar-refractivity contribution >= 4 is 29.2 Å². The zero-order valence-electron chi connectivity index (χ0n) is 11.8. The number of hydrogen-bond donors (Lipinski definition) is 1. The van der Waals surface area contributed by atoms with Gasteiger partial charge in [0.15, 0.2) is 0 Å². The maximum Gasteiger partial charge on any atom is 0.328 e. The predicted molar refractivity (Wildman–Crippen MR) is 76.2 cm³/mol. The van der Waals surface area contributed by atoms with Gasteiger partial charge in [-0.2, -0.15) is 0 Å². The van der Waals surface area contributed by atoms with Crippen LogP contribution in [0.15, 0.2) is 18.2 Å². The molecule has 0 aliphatic heterocycles. The Morgan fingerprint density at radius 3 is 2.48 bits per heavy atom. The number of nitrogens with zero attached hydrogens (tertiary/aromatic N) is 1. The first-order chi connectivity index (χ1) is 9.77. The Morgan fingerprint density at radius 2 is 2.00 bits per heavy atom. The minimum absolute atomic E-state index is 0.0423. The summed E-state index contributed by atoms with van der Waals surface area (Å²) < 4.78 is 4.61. The van der Waals surface area contributed by atoms with E-state index in [9.17, 15) is 19.7 Å². The van der Waals surface area contributed by atoms with Crippen molar-refractivity contribution in [1.82, 2.24) is 5.32 Å². The van der Waals surface area contributed by atoms with Crippen LogP contribution >= 0.6 is 11.6 Å². The summed E-state index contributed by atoms with van der Waals surface area (Å²) in [6, 6.07) is 2.83. The molecule has 1 rings (SSSR count). The molecule has 1 aromatic carbocycles. The number of benzene rings is 1. The quantitative estimate of drug-likeness (QED) is 0.510. The van der Waals surface area contributed by atoms with Gasteiger partial charge in [-0.25, -0.2) is 4.79 Å². The predicted octanol–water partition coefficient (Wildman–Crippen LogP) is 2.18. The van der Waals surface area contributed by atoms with Crippen LogP contribution in [0.1, 0.15) is 24.2 Å². The Morgan fingerprint density at radius 1 is 1.38 bits per heavy atom. The molecular formula is C13H15ClN2O5. The van der Waals surface area contributed by atoms with E-state index in [4.69, 9.17) is 11.6 Å². The highest BCUT2D eigenvalue weighted by molar-refractivity contribution is 6.32. The number of ether oxygens (including phenoxy) is 1. The van der Waals surface area contributed by atoms with E-state index in [1.54, 1.807) is 13.8 Å². The SMILES string of the molecule is COC(=O)[C@@H](NC(=O)c1ccc(Cl)c([N+](=O)[O-])c1)C(C)C. The van der Waals surface area contributed by atoms with Crippen LogP contribution in [0.3, 0.4) is 0 Å². The lowest BCUT2D eigenvalue weighted by Gasteiger charge is -2.19. The Labute approximate surface area is 126 Å². The summed E-state index contributed by atoms with van der Waals surface area (Å²) in [5, 5.41) is 13.2. The zero-order chi connectivity index (χ0) is 16.2. The summed E-state index contributed by atoms with van der Waals surface area (Å²) in [6.45, 7) is 3.48. The van der Waals surface area contributed by atoms with Gasteiger partial charge in [-0.3, -0.25) is 14.9 Å². The molecule has 0 spiro atoms. The van der Waals surface area contributed by atoms with Crippen LogP contribution < -0.4 is 5.32 Å². The highest BCUT2D eigenvalue weighted by atomic mass is 35.5. The minimum atomic E-state index is -0.836. The molecule has 0 radical (unpaired) electrons. The average Bonchev–Trinajstić information content (AvgIpc) is 2.43. The number of carbonyl (C=O) groups is 2. The molecule has 114 valence electrons. The van der Waals surface area contributed by atoms with E-state index in [1.165, 1.54) is 19.2 Å². The molecule has 0 bridgehead atoms. The summed E-state index contributed by atoms with van der Waals surface area (Å²) in [6.07, 6.45) is 0. The van der Waals surface area contributed by atoms with Gasteiger partial charge in [0.1, 0.15) is 11.1 Å². The van der Waals surface area contributed by atoms with Crippen LogP contribution in [0.5, 0.6) is 0 Å². The summed E-state index contributed by atoms with van der Waals surface area (Å²) in [5.74, 6) is -1.38. The molecule has 0 aliphatic carbocycles. The van der Waals surface area contributed by atoms with Crippen LogP contribution in [0.2, 0.25) is 5.02 Å². The highest BCUT2D eigenvalue weighted by Crippen LogP contribution is 2.25. The van der Waals surface area contributed by atoms with Gasteiger partial charge < -0.3 is 10.1 Å². The van der Waals surface area contributed by atoms with E-state index >= 15 is 0 Å². The van der Waals surface area contributed by atoms with Crippen LogP contribution in [0.4, 0.5) is 5.69 Å². The van der Waals surface area contributed by atoms with E-state index in [0.29, 0.717) is 0 Å². The van der Waals surface area contributed by atoms with Crippen molar-refractivity contribution < 1.29 is 19.2 Å². The van der Waals surface area contributed by atoms with E-state index in [2.05, 4.69) is 10.1 Å². The molecule has 1 N–H and O–H groups in total. The standard InChI is InChI=1S/C13H15ClN2O5/c1-7(2)11(13(18)21-3)15-12(17)8-4-5-9(14)10(6-8)16(19)20/h4-7,11H,1-3H3,(H,15,17)/t11-/m0/s1. The maximum absolute atomic E-state index is 12.1. The summed E-state index contributed by atoms with van der Waals surface area (Å²) >= 11 is 5.68. The third-order valence-electron chi connectivity index (χ3n) is 2.81. The first kappa shape index (κ1) is 16.9. The van der Waals surface area contributed by atoms with Crippen LogP contribution in [-0.2, 0) is 9.53 Å². The largest absolute Gasteiger partial charge is 0.467 e. The fourth-order valence-corrected chi connectivity index (χ4v) is 1.83. The molecule has 0 aromatic heterocycles. The molecule has 0 saturated carbocycles. The van der Waals surface area contributed by atoms with Gasteiger partial charge in [0.25, 0.3) is 11.6 Å². The molecule has 0 saturated heterocycles. The topological polar surface area (TPSA) is 98.5 Å². The number of nitro groups is 1. The summed E-state index contributed by atoms with van der Waals surface area (Å²) in [4.78, 5) is 33.8. The maximum atomic E-state index is 12.1. The first-order valence-electron chi connectivity index (χ1n) is 6.10. The molecular weight excluding hydrogens is 300 g/mol. The Bertz CT molecular complexity index is 574. The second-order valence-corrected chi connectivity index (χ2v) is 5.05. The van der Waals surface area contributed by atoms with Crippen molar-refractivity contribution in [2.75, 3.05) is 7.11 Å². The summed E-state index contributed by atoms with van der Waals surface area (Å²) in [7, 11) is 1.22. The number of rotatable bonds is 5. The third-order valence-corrected chi connectivity index (χ3v) is 3.13. The lowest BCUT2D eigenvalue weighted by atomic mass is 10.0. The Kier molecular flexibility index (Phi) is 5.66. The second kappa shape index (κ2) is 7.03. The second-order valence-electron chi connectivity index (χ2n) is 4.64. The van der Waals surface area contributed by atoms with Gasteiger partial charge in [-0.05, 0) is 18.1 Å². The molecule has 0 heterocycles. The zero-order valence-corrected chi connectivity index (χ0v) is 12.5. The van der Waals surface area contributed by atoms with Crippen molar-refractivity contribution in [3.05, 3.63) is 38.9 Å². The normalized spacial score (nSPS) is 11.9. The van der Waals surface area contributed by atoms with Crippen LogP contribution in [-0.4, -0.2) is 30.0 Å². The minimum Gasteiger partial charge on any atom is -0.467 e. The van der Waals surface area contributed by atoms with Crippen LogP contribution in [0, 0.1) is 16.0 Å². The fraction of sp³-hybridized carbons (Fsp3) is 0.385. The van der Waals surface area contributed by atoms with Crippen molar-refractivity contribution in [2.45, 2.75) is 19.9 Å². The van der Waals surface area contributed by atoms with Crippen molar-refractivity contribution in [1.29, 1.82) is 0 Å². The van der Waals surface area contributed by atoms with Gasteiger partial charge in [-0.1, -0.05) is 25.4 Å². The number of carbonyl (C=O) groups excluding carboxylic acids is 2. The fourth-order valence-electron chi connectivity index (χ4n) is 1.64. The number of halogens is 1. The number of hydrogen-bond acceptors (Lipinski definition) is 5. The van der Waals surface area contributed by atoms with Crippen molar-refractivity contribution in [3.63, 3.8) is 0 Å². The van der Waals surface area contributed by atoms with Crippen molar-refractivity contribution in [3.8, 4) is 0 Å². The number of esters is 1. The molecule has 1 amide bonds. The molecule has 1 aromatic rings. The Balaban J connectivity index is 3.01. The van der Waals surface area contributed by atoms with E-state index in [1.807, 2.05) is 0 Å². The Hall–Kier alpha value is -2.15. The van der Waals surface area contributed by atoms with Gasteiger partial charge in [0, 0.05) is 11.6 Å². The number of nitrogens with one attached hydrogen (secondary N) is 1. The monoisotopic (exact) mass is 314 g/mol. The number of amides is 1. The van der Waals surface area contributed by atoms with E-state index in [-0.39, 0.29) is 22.2 Å². The summed E-state index contributed by atoms with van der Waals surface area (Å²) in [5.41, 5.74) is -0.330.